The maximum Gasteiger partial charge on any atom is 0.230 e. The number of carbonyl (C=O) groups is 1. The highest BCUT2D eigenvalue weighted by atomic mass is 16.2. The monoisotopic (exact) mass is 271 g/mol. The molecular formula is C18H25NO. The minimum Gasteiger partial charge on any atom is -0.353 e. The molecule has 20 heavy (non-hydrogen) atoms. The van der Waals surface area contributed by atoms with E-state index in [-0.39, 0.29) is 11.3 Å². The van der Waals surface area contributed by atoms with Crippen LogP contribution in [0.2, 0.25) is 0 Å². The fourth-order valence-corrected chi connectivity index (χ4v) is 3.57. The average molecular weight is 271 g/mol. The van der Waals surface area contributed by atoms with Gasteiger partial charge in [0.15, 0.2) is 0 Å². The Kier molecular flexibility index (Phi) is 3.82. The molecule has 0 radical (unpaired) electrons. The molecule has 3 rings (SSSR count). The van der Waals surface area contributed by atoms with Crippen LogP contribution in [0, 0.1) is 5.92 Å². The van der Waals surface area contributed by atoms with Gasteiger partial charge in [0.1, 0.15) is 0 Å². The number of carbonyl (C=O) groups excluding carboxylic acids is 1. The fraction of sp³-hybridized carbons (Fsp3) is 0.611. The average Bonchev–Trinajstić information content (AvgIpc) is 3.31. The molecule has 108 valence electrons. The van der Waals surface area contributed by atoms with Crippen LogP contribution in [0.1, 0.15) is 57.4 Å². The summed E-state index contributed by atoms with van der Waals surface area (Å²) >= 11 is 0. The molecule has 2 saturated carbocycles. The highest BCUT2D eigenvalue weighted by Gasteiger charge is 2.51. The van der Waals surface area contributed by atoms with E-state index >= 15 is 0 Å². The van der Waals surface area contributed by atoms with Gasteiger partial charge in [-0.25, -0.2) is 0 Å². The van der Waals surface area contributed by atoms with E-state index in [1.807, 2.05) is 18.2 Å². The van der Waals surface area contributed by atoms with E-state index in [1.165, 1.54) is 24.8 Å². The lowest BCUT2D eigenvalue weighted by atomic mass is 9.84. The van der Waals surface area contributed by atoms with Crippen molar-refractivity contribution in [1.82, 2.24) is 5.32 Å². The molecule has 0 heterocycles. The summed E-state index contributed by atoms with van der Waals surface area (Å²) in [5.74, 6) is 1.15. The Balaban J connectivity index is 1.60. The van der Waals surface area contributed by atoms with E-state index in [2.05, 4.69) is 24.4 Å². The van der Waals surface area contributed by atoms with Crippen LogP contribution in [-0.4, -0.2) is 11.9 Å². The van der Waals surface area contributed by atoms with Crippen molar-refractivity contribution in [3.63, 3.8) is 0 Å². The zero-order valence-electron chi connectivity index (χ0n) is 12.4. The number of benzene rings is 1. The van der Waals surface area contributed by atoms with E-state index in [1.54, 1.807) is 0 Å². The van der Waals surface area contributed by atoms with Gasteiger partial charge in [0.25, 0.3) is 0 Å². The second-order valence-electron chi connectivity index (χ2n) is 6.55. The first-order valence-corrected chi connectivity index (χ1v) is 8.11. The molecule has 1 aromatic carbocycles. The zero-order chi connectivity index (χ0) is 14.0. The van der Waals surface area contributed by atoms with Crippen molar-refractivity contribution in [2.45, 2.75) is 63.3 Å². The molecule has 0 atom stereocenters. The Labute approximate surface area is 122 Å². The van der Waals surface area contributed by atoms with Crippen molar-refractivity contribution in [3.05, 3.63) is 35.9 Å². The van der Waals surface area contributed by atoms with Gasteiger partial charge < -0.3 is 5.32 Å². The standard InChI is InChI=1S/C18H25NO/c1-2-14-8-10-16(11-9-14)19-17(20)18(12-13-18)15-6-4-3-5-7-15/h3-7,14,16H,2,8-13H2,1H3,(H,19,20). The molecule has 1 N–H and O–H groups in total. The van der Waals surface area contributed by atoms with Gasteiger partial charge in [0, 0.05) is 6.04 Å². The van der Waals surface area contributed by atoms with Crippen molar-refractivity contribution in [3.8, 4) is 0 Å². The Morgan fingerprint density at radius 1 is 1.15 bits per heavy atom. The normalized spacial score (nSPS) is 27.9. The molecule has 0 bridgehead atoms. The summed E-state index contributed by atoms with van der Waals surface area (Å²) in [7, 11) is 0. The summed E-state index contributed by atoms with van der Waals surface area (Å²) in [6.45, 7) is 2.28. The third-order valence-corrected chi connectivity index (χ3v) is 5.27. The maximum absolute atomic E-state index is 12.6. The van der Waals surface area contributed by atoms with Crippen LogP contribution < -0.4 is 5.32 Å². The first-order valence-electron chi connectivity index (χ1n) is 8.11. The van der Waals surface area contributed by atoms with E-state index in [4.69, 9.17) is 0 Å². The zero-order valence-corrected chi connectivity index (χ0v) is 12.4. The predicted molar refractivity (Wildman–Crippen MR) is 81.5 cm³/mol. The van der Waals surface area contributed by atoms with E-state index in [0.717, 1.165) is 31.6 Å². The highest BCUT2D eigenvalue weighted by molar-refractivity contribution is 5.91. The summed E-state index contributed by atoms with van der Waals surface area (Å²) in [6.07, 6.45) is 8.18. The first kappa shape index (κ1) is 13.7. The minimum absolute atomic E-state index is 0.205. The molecule has 2 heteroatoms. The number of amides is 1. The number of hydrogen-bond acceptors (Lipinski definition) is 1. The summed E-state index contributed by atoms with van der Waals surface area (Å²) in [4.78, 5) is 12.6. The molecule has 1 amide bonds. The van der Waals surface area contributed by atoms with Gasteiger partial charge in [-0.15, -0.1) is 0 Å². The van der Waals surface area contributed by atoms with E-state index < -0.39 is 0 Å². The van der Waals surface area contributed by atoms with Crippen LogP contribution >= 0.6 is 0 Å². The van der Waals surface area contributed by atoms with Crippen molar-refractivity contribution in [1.29, 1.82) is 0 Å². The van der Waals surface area contributed by atoms with Crippen LogP contribution in [0.5, 0.6) is 0 Å². The Bertz CT molecular complexity index is 456. The molecule has 1 aromatic rings. The van der Waals surface area contributed by atoms with Gasteiger partial charge in [-0.1, -0.05) is 43.7 Å². The molecule has 2 nitrogen and oxygen atoms in total. The molecule has 0 unspecified atom stereocenters. The van der Waals surface area contributed by atoms with Gasteiger partial charge in [0.2, 0.25) is 5.91 Å². The number of nitrogens with one attached hydrogen (secondary N) is 1. The van der Waals surface area contributed by atoms with E-state index in [0.29, 0.717) is 6.04 Å². The Morgan fingerprint density at radius 2 is 1.80 bits per heavy atom. The van der Waals surface area contributed by atoms with Crippen molar-refractivity contribution >= 4 is 5.91 Å². The third-order valence-electron chi connectivity index (χ3n) is 5.27. The van der Waals surface area contributed by atoms with Crippen LogP contribution in [0.4, 0.5) is 0 Å². The largest absolute Gasteiger partial charge is 0.353 e. The second-order valence-corrected chi connectivity index (χ2v) is 6.55. The third kappa shape index (κ3) is 2.61. The second kappa shape index (κ2) is 5.59. The summed E-state index contributed by atoms with van der Waals surface area (Å²) in [5.41, 5.74) is 0.989. The van der Waals surface area contributed by atoms with Gasteiger partial charge >= 0.3 is 0 Å². The summed E-state index contributed by atoms with van der Waals surface area (Å²) < 4.78 is 0. The fourth-order valence-electron chi connectivity index (χ4n) is 3.57. The molecular weight excluding hydrogens is 246 g/mol. The maximum atomic E-state index is 12.6. The van der Waals surface area contributed by atoms with Crippen LogP contribution in [0.15, 0.2) is 30.3 Å². The minimum atomic E-state index is -0.205. The molecule has 0 aliphatic heterocycles. The number of hydrogen-bond donors (Lipinski definition) is 1. The molecule has 2 aliphatic rings. The van der Waals surface area contributed by atoms with Gasteiger partial charge in [0.05, 0.1) is 5.41 Å². The molecule has 0 spiro atoms. The first-order chi connectivity index (χ1) is 9.74. The smallest absolute Gasteiger partial charge is 0.230 e. The number of rotatable bonds is 4. The molecule has 2 aliphatic carbocycles. The van der Waals surface area contributed by atoms with Crippen LogP contribution in [0.3, 0.4) is 0 Å². The summed E-state index contributed by atoms with van der Waals surface area (Å²) in [5, 5.41) is 3.33. The molecule has 2 fully saturated rings. The molecule has 0 saturated heterocycles. The Hall–Kier alpha value is -1.31. The molecule has 0 aromatic heterocycles. The van der Waals surface area contributed by atoms with Gasteiger partial charge in [-0.3, -0.25) is 4.79 Å². The topological polar surface area (TPSA) is 29.1 Å². The van der Waals surface area contributed by atoms with Crippen molar-refractivity contribution in [2.75, 3.05) is 0 Å². The van der Waals surface area contributed by atoms with Crippen LogP contribution in [-0.2, 0) is 10.2 Å². The quantitative estimate of drug-likeness (QED) is 0.886. The van der Waals surface area contributed by atoms with Gasteiger partial charge in [-0.05, 0) is 50.0 Å². The lowest BCUT2D eigenvalue weighted by Crippen LogP contribution is -2.43. The SMILES string of the molecule is CCC1CCC(NC(=O)C2(c3ccccc3)CC2)CC1. The van der Waals surface area contributed by atoms with Gasteiger partial charge in [-0.2, -0.15) is 0 Å². The lowest BCUT2D eigenvalue weighted by molar-refractivity contribution is -0.124. The highest BCUT2D eigenvalue weighted by Crippen LogP contribution is 2.48. The summed E-state index contributed by atoms with van der Waals surface area (Å²) in [6, 6.07) is 10.7. The van der Waals surface area contributed by atoms with Crippen molar-refractivity contribution in [2.24, 2.45) is 5.92 Å². The van der Waals surface area contributed by atoms with Crippen LogP contribution in [0.25, 0.3) is 0 Å². The predicted octanol–water partition coefficient (Wildman–Crippen LogP) is 3.80. The van der Waals surface area contributed by atoms with E-state index in [9.17, 15) is 4.79 Å². The lowest BCUT2D eigenvalue weighted by Gasteiger charge is -2.30. The van der Waals surface area contributed by atoms with Crippen molar-refractivity contribution < 1.29 is 4.79 Å². The Morgan fingerprint density at radius 3 is 2.35 bits per heavy atom.